The van der Waals surface area contributed by atoms with E-state index in [4.69, 9.17) is 4.42 Å². The summed E-state index contributed by atoms with van der Waals surface area (Å²) in [7, 11) is -3.33. The van der Waals surface area contributed by atoms with Crippen molar-refractivity contribution in [3.05, 3.63) is 64.6 Å². The molecule has 7 nitrogen and oxygen atoms in total. The van der Waals surface area contributed by atoms with Crippen LogP contribution in [0.5, 0.6) is 0 Å². The Morgan fingerprint density at radius 3 is 2.46 bits per heavy atom. The van der Waals surface area contributed by atoms with Crippen LogP contribution in [0.15, 0.2) is 57.7 Å². The molecule has 2 heterocycles. The van der Waals surface area contributed by atoms with E-state index in [1.165, 1.54) is 0 Å². The number of rotatable bonds is 4. The van der Waals surface area contributed by atoms with Crippen LogP contribution in [-0.2, 0) is 15.8 Å². The number of piperazine rings is 1. The van der Waals surface area contributed by atoms with Crippen LogP contribution in [0.3, 0.4) is 0 Å². The number of anilines is 1. The molecule has 1 N–H and O–H groups in total. The van der Waals surface area contributed by atoms with Crippen molar-refractivity contribution in [1.82, 2.24) is 9.29 Å². The second-order valence-electron chi connectivity index (χ2n) is 6.32. The number of hydrogen-bond donors (Lipinski definition) is 1. The number of H-pyrrole nitrogens is 1. The lowest BCUT2D eigenvalue weighted by molar-refractivity contribution is 0.384. The molecule has 8 heteroatoms. The number of aromatic nitrogens is 1. The molecule has 0 unspecified atom stereocenters. The van der Waals surface area contributed by atoms with Gasteiger partial charge in [-0.2, -0.15) is 4.31 Å². The molecule has 1 fully saturated rings. The first-order valence-electron chi connectivity index (χ1n) is 8.41. The van der Waals surface area contributed by atoms with E-state index in [9.17, 15) is 13.2 Å². The molecule has 0 radical (unpaired) electrons. The summed E-state index contributed by atoms with van der Waals surface area (Å²) in [4.78, 5) is 16.0. The van der Waals surface area contributed by atoms with Crippen LogP contribution in [0.2, 0.25) is 0 Å². The molecule has 2 aromatic carbocycles. The van der Waals surface area contributed by atoms with Gasteiger partial charge in [-0.15, -0.1) is 0 Å². The molecule has 1 aliphatic rings. The Morgan fingerprint density at radius 2 is 1.73 bits per heavy atom. The SMILES string of the molecule is O=c1[nH]c2cc(N3CCN(S(=O)(=O)Cc4ccccc4)CC3)ccc2o1. The van der Waals surface area contributed by atoms with Gasteiger partial charge in [0.05, 0.1) is 11.3 Å². The monoisotopic (exact) mass is 373 g/mol. The lowest BCUT2D eigenvalue weighted by Crippen LogP contribution is -2.49. The fraction of sp³-hybridized carbons (Fsp3) is 0.278. The predicted octanol–water partition coefficient (Wildman–Crippen LogP) is 1.77. The Balaban J connectivity index is 1.45. The van der Waals surface area contributed by atoms with Gasteiger partial charge in [0.2, 0.25) is 10.0 Å². The molecule has 3 aromatic rings. The van der Waals surface area contributed by atoms with E-state index in [0.29, 0.717) is 37.3 Å². The summed E-state index contributed by atoms with van der Waals surface area (Å²) in [6.45, 7) is 2.08. The first-order valence-corrected chi connectivity index (χ1v) is 10.0. The maximum atomic E-state index is 12.6. The van der Waals surface area contributed by atoms with E-state index in [2.05, 4.69) is 9.88 Å². The summed E-state index contributed by atoms with van der Waals surface area (Å²) < 4.78 is 31.8. The van der Waals surface area contributed by atoms with Gasteiger partial charge in [-0.3, -0.25) is 4.98 Å². The Morgan fingerprint density at radius 1 is 1.00 bits per heavy atom. The molecule has 0 bridgehead atoms. The molecule has 0 amide bonds. The van der Waals surface area contributed by atoms with Gasteiger partial charge in [0.1, 0.15) is 0 Å². The number of sulfonamides is 1. The number of aromatic amines is 1. The maximum absolute atomic E-state index is 12.6. The molecule has 0 spiro atoms. The maximum Gasteiger partial charge on any atom is 0.417 e. The molecule has 1 saturated heterocycles. The summed E-state index contributed by atoms with van der Waals surface area (Å²) in [6.07, 6.45) is 0. The van der Waals surface area contributed by atoms with E-state index in [1.54, 1.807) is 10.4 Å². The van der Waals surface area contributed by atoms with Gasteiger partial charge in [0.25, 0.3) is 0 Å². The average molecular weight is 373 g/mol. The van der Waals surface area contributed by atoms with E-state index in [-0.39, 0.29) is 5.75 Å². The fourth-order valence-electron chi connectivity index (χ4n) is 3.24. The number of fused-ring (bicyclic) bond motifs is 1. The topological polar surface area (TPSA) is 86.6 Å². The number of nitrogens with zero attached hydrogens (tertiary/aromatic N) is 2. The van der Waals surface area contributed by atoms with Gasteiger partial charge in [-0.05, 0) is 23.8 Å². The van der Waals surface area contributed by atoms with Crippen molar-refractivity contribution in [3.8, 4) is 0 Å². The Labute approximate surface area is 150 Å². The molecule has 1 aromatic heterocycles. The third kappa shape index (κ3) is 3.38. The minimum atomic E-state index is -3.33. The minimum Gasteiger partial charge on any atom is -0.408 e. The molecule has 0 aliphatic carbocycles. The molecule has 136 valence electrons. The van der Waals surface area contributed by atoms with Crippen molar-refractivity contribution in [2.45, 2.75) is 5.75 Å². The number of hydrogen-bond acceptors (Lipinski definition) is 5. The standard InChI is InChI=1S/C18H19N3O4S/c22-18-19-16-12-15(6-7-17(16)25-18)20-8-10-21(11-9-20)26(23,24)13-14-4-2-1-3-5-14/h1-7,12H,8-11,13H2,(H,19,22). The minimum absolute atomic E-state index is 0.0239. The first-order chi connectivity index (χ1) is 12.5. The lowest BCUT2D eigenvalue weighted by Gasteiger charge is -2.35. The third-order valence-corrected chi connectivity index (χ3v) is 6.44. The summed E-state index contributed by atoms with van der Waals surface area (Å²) in [6, 6.07) is 14.7. The van der Waals surface area contributed by atoms with Gasteiger partial charge in [0, 0.05) is 31.9 Å². The number of oxazole rings is 1. The highest BCUT2D eigenvalue weighted by molar-refractivity contribution is 7.88. The van der Waals surface area contributed by atoms with Crippen LogP contribution in [0.25, 0.3) is 11.1 Å². The molecule has 26 heavy (non-hydrogen) atoms. The van der Waals surface area contributed by atoms with Gasteiger partial charge < -0.3 is 9.32 Å². The normalized spacial score (nSPS) is 16.2. The van der Waals surface area contributed by atoms with Crippen molar-refractivity contribution in [3.63, 3.8) is 0 Å². The highest BCUT2D eigenvalue weighted by atomic mass is 32.2. The van der Waals surface area contributed by atoms with Crippen molar-refractivity contribution >= 4 is 26.8 Å². The van der Waals surface area contributed by atoms with E-state index in [0.717, 1.165) is 11.3 Å². The van der Waals surface area contributed by atoms with E-state index in [1.807, 2.05) is 42.5 Å². The third-order valence-electron chi connectivity index (χ3n) is 4.59. The van der Waals surface area contributed by atoms with Crippen LogP contribution in [-0.4, -0.2) is 43.9 Å². The lowest BCUT2D eigenvalue weighted by atomic mass is 10.2. The van der Waals surface area contributed by atoms with Crippen LogP contribution < -0.4 is 10.7 Å². The first kappa shape index (κ1) is 16.9. The summed E-state index contributed by atoms with van der Waals surface area (Å²) in [5.41, 5.74) is 2.90. The van der Waals surface area contributed by atoms with Gasteiger partial charge in [0.15, 0.2) is 5.58 Å². The smallest absolute Gasteiger partial charge is 0.408 e. The average Bonchev–Trinajstić information content (AvgIpc) is 3.01. The zero-order valence-electron chi connectivity index (χ0n) is 14.1. The second kappa shape index (κ2) is 6.62. The molecule has 4 rings (SSSR count). The predicted molar refractivity (Wildman–Crippen MR) is 99.7 cm³/mol. The van der Waals surface area contributed by atoms with Crippen LogP contribution in [0, 0.1) is 0 Å². The Kier molecular flexibility index (Phi) is 4.29. The molecule has 1 aliphatic heterocycles. The van der Waals surface area contributed by atoms with Crippen LogP contribution in [0.1, 0.15) is 5.56 Å². The number of nitrogens with one attached hydrogen (secondary N) is 1. The van der Waals surface area contributed by atoms with E-state index >= 15 is 0 Å². The molecule has 0 atom stereocenters. The van der Waals surface area contributed by atoms with Gasteiger partial charge in [-0.1, -0.05) is 30.3 Å². The largest absolute Gasteiger partial charge is 0.417 e. The highest BCUT2D eigenvalue weighted by Crippen LogP contribution is 2.22. The van der Waals surface area contributed by atoms with Crippen molar-refractivity contribution in [1.29, 1.82) is 0 Å². The van der Waals surface area contributed by atoms with Crippen LogP contribution >= 0.6 is 0 Å². The summed E-state index contributed by atoms with van der Waals surface area (Å²) in [5.74, 6) is -0.454. The molecular formula is C18H19N3O4S. The van der Waals surface area contributed by atoms with Gasteiger partial charge >= 0.3 is 5.76 Å². The summed E-state index contributed by atoms with van der Waals surface area (Å²) >= 11 is 0. The van der Waals surface area contributed by atoms with E-state index < -0.39 is 15.8 Å². The summed E-state index contributed by atoms with van der Waals surface area (Å²) in [5, 5.41) is 0. The second-order valence-corrected chi connectivity index (χ2v) is 8.29. The highest BCUT2D eigenvalue weighted by Gasteiger charge is 2.27. The van der Waals surface area contributed by atoms with Crippen molar-refractivity contribution in [2.75, 3.05) is 31.1 Å². The Hall–Kier alpha value is -2.58. The zero-order valence-corrected chi connectivity index (χ0v) is 14.9. The molecular weight excluding hydrogens is 354 g/mol. The Bertz CT molecular complexity index is 1060. The fourth-order valence-corrected chi connectivity index (χ4v) is 4.75. The number of benzene rings is 2. The quantitative estimate of drug-likeness (QED) is 0.753. The van der Waals surface area contributed by atoms with Crippen molar-refractivity contribution in [2.24, 2.45) is 0 Å². The zero-order chi connectivity index (χ0) is 18.1. The van der Waals surface area contributed by atoms with Crippen LogP contribution in [0.4, 0.5) is 5.69 Å². The molecule has 0 saturated carbocycles. The van der Waals surface area contributed by atoms with Crippen molar-refractivity contribution < 1.29 is 12.8 Å². The van der Waals surface area contributed by atoms with Gasteiger partial charge in [-0.25, -0.2) is 13.2 Å².